The number of rotatable bonds is 6. The molecule has 19 heavy (non-hydrogen) atoms. The predicted molar refractivity (Wildman–Crippen MR) is 74.0 cm³/mol. The van der Waals surface area contributed by atoms with Gasteiger partial charge in [0.15, 0.2) is 5.82 Å². The molecule has 1 aromatic carbocycles. The molecule has 5 heteroatoms. The van der Waals surface area contributed by atoms with E-state index in [-0.39, 0.29) is 17.4 Å². The van der Waals surface area contributed by atoms with E-state index in [0.717, 1.165) is 13.0 Å². The molecule has 2 aromatic rings. The maximum atomic E-state index is 13.4. The summed E-state index contributed by atoms with van der Waals surface area (Å²) in [6.07, 6.45) is 4.36. The molecule has 0 aliphatic rings. The van der Waals surface area contributed by atoms with E-state index < -0.39 is 0 Å². The summed E-state index contributed by atoms with van der Waals surface area (Å²) in [4.78, 5) is 16.6. The number of aryl methyl sites for hydroxylation is 1. The Kier molecular flexibility index (Phi) is 4.74. The van der Waals surface area contributed by atoms with Gasteiger partial charge in [-0.25, -0.2) is 9.37 Å². The molecule has 1 heterocycles. The zero-order valence-electron chi connectivity index (χ0n) is 10.7. The Labute approximate surface area is 115 Å². The van der Waals surface area contributed by atoms with Gasteiger partial charge >= 0.3 is 0 Å². The topological polar surface area (TPSA) is 34.9 Å². The SMILES string of the molecule is CCCn1ccnc1C(=O)CSc1ccccc1F. The Bertz CT molecular complexity index is 568. The molecule has 0 N–H and O–H groups in total. The van der Waals surface area contributed by atoms with Crippen LogP contribution in [0.5, 0.6) is 0 Å². The second kappa shape index (κ2) is 6.52. The highest BCUT2D eigenvalue weighted by atomic mass is 32.2. The van der Waals surface area contributed by atoms with E-state index in [1.165, 1.54) is 17.8 Å². The first-order valence-electron chi connectivity index (χ1n) is 6.14. The summed E-state index contributed by atoms with van der Waals surface area (Å²) in [6, 6.07) is 6.46. The van der Waals surface area contributed by atoms with Crippen molar-refractivity contribution in [2.45, 2.75) is 24.8 Å². The largest absolute Gasteiger partial charge is 0.329 e. The van der Waals surface area contributed by atoms with Crippen molar-refractivity contribution in [3.05, 3.63) is 48.3 Å². The van der Waals surface area contributed by atoms with Gasteiger partial charge in [0.25, 0.3) is 0 Å². The fourth-order valence-corrected chi connectivity index (χ4v) is 2.55. The zero-order valence-corrected chi connectivity index (χ0v) is 11.5. The van der Waals surface area contributed by atoms with Crippen molar-refractivity contribution in [1.29, 1.82) is 0 Å². The van der Waals surface area contributed by atoms with Crippen LogP contribution >= 0.6 is 11.8 Å². The van der Waals surface area contributed by atoms with E-state index in [1.807, 2.05) is 11.5 Å². The van der Waals surface area contributed by atoms with E-state index in [1.54, 1.807) is 30.6 Å². The van der Waals surface area contributed by atoms with E-state index in [2.05, 4.69) is 4.98 Å². The standard InChI is InChI=1S/C14H15FN2OS/c1-2-8-17-9-7-16-14(17)12(18)10-19-13-6-4-3-5-11(13)15/h3-7,9H,2,8,10H2,1H3. The summed E-state index contributed by atoms with van der Waals surface area (Å²) >= 11 is 1.20. The summed E-state index contributed by atoms with van der Waals surface area (Å²) in [5.41, 5.74) is 0. The molecule has 0 radical (unpaired) electrons. The van der Waals surface area contributed by atoms with Crippen LogP contribution in [0, 0.1) is 5.82 Å². The molecule has 0 aliphatic heterocycles. The number of hydrogen-bond acceptors (Lipinski definition) is 3. The lowest BCUT2D eigenvalue weighted by molar-refractivity contribution is 0.100. The second-order valence-electron chi connectivity index (χ2n) is 4.09. The maximum Gasteiger partial charge on any atom is 0.208 e. The number of benzene rings is 1. The number of Topliss-reactive ketones (excluding diaryl/α,β-unsaturated/α-hetero) is 1. The molecule has 0 unspecified atom stereocenters. The molecule has 0 saturated heterocycles. The molecular weight excluding hydrogens is 263 g/mol. The van der Waals surface area contributed by atoms with Gasteiger partial charge in [0.2, 0.25) is 5.78 Å². The van der Waals surface area contributed by atoms with Crippen LogP contribution in [0.1, 0.15) is 24.0 Å². The van der Waals surface area contributed by atoms with Crippen LogP contribution in [-0.4, -0.2) is 21.1 Å². The van der Waals surface area contributed by atoms with Crippen molar-refractivity contribution >= 4 is 17.5 Å². The Morgan fingerprint density at radius 3 is 2.95 bits per heavy atom. The lowest BCUT2D eigenvalue weighted by Crippen LogP contribution is -2.12. The van der Waals surface area contributed by atoms with Gasteiger partial charge in [-0.1, -0.05) is 19.1 Å². The lowest BCUT2D eigenvalue weighted by atomic mass is 10.3. The number of imidazole rings is 1. The number of ketones is 1. The summed E-state index contributed by atoms with van der Waals surface area (Å²) < 4.78 is 15.3. The fourth-order valence-electron chi connectivity index (χ4n) is 1.75. The third-order valence-corrected chi connectivity index (χ3v) is 3.67. The zero-order chi connectivity index (χ0) is 13.7. The van der Waals surface area contributed by atoms with Crippen LogP contribution in [0.25, 0.3) is 0 Å². The smallest absolute Gasteiger partial charge is 0.208 e. The minimum absolute atomic E-state index is 0.0771. The van der Waals surface area contributed by atoms with Crippen molar-refractivity contribution in [2.75, 3.05) is 5.75 Å². The molecule has 0 amide bonds. The Hall–Kier alpha value is -1.62. The summed E-state index contributed by atoms with van der Waals surface area (Å²) in [5, 5.41) is 0. The number of halogens is 1. The quantitative estimate of drug-likeness (QED) is 0.600. The van der Waals surface area contributed by atoms with Crippen LogP contribution in [0.4, 0.5) is 4.39 Å². The molecule has 0 aliphatic carbocycles. The van der Waals surface area contributed by atoms with Crippen LogP contribution in [0.15, 0.2) is 41.6 Å². The monoisotopic (exact) mass is 278 g/mol. The number of carbonyl (C=O) groups is 1. The highest BCUT2D eigenvalue weighted by Crippen LogP contribution is 2.21. The molecule has 0 spiro atoms. The molecule has 2 rings (SSSR count). The first-order chi connectivity index (χ1) is 9.22. The number of nitrogens with zero attached hydrogens (tertiary/aromatic N) is 2. The van der Waals surface area contributed by atoms with Crippen LogP contribution in [0.2, 0.25) is 0 Å². The first kappa shape index (κ1) is 13.8. The Morgan fingerprint density at radius 2 is 2.21 bits per heavy atom. The normalized spacial score (nSPS) is 10.6. The summed E-state index contributed by atoms with van der Waals surface area (Å²) in [5.74, 6) is 0.274. The summed E-state index contributed by atoms with van der Waals surface area (Å²) in [7, 11) is 0. The van der Waals surface area contributed by atoms with E-state index in [0.29, 0.717) is 10.7 Å². The van der Waals surface area contributed by atoms with Gasteiger partial charge in [-0.2, -0.15) is 0 Å². The minimum atomic E-state index is -0.294. The van der Waals surface area contributed by atoms with Crippen molar-refractivity contribution in [3.8, 4) is 0 Å². The average molecular weight is 278 g/mol. The molecule has 0 saturated carbocycles. The summed E-state index contributed by atoms with van der Waals surface area (Å²) in [6.45, 7) is 2.81. The van der Waals surface area contributed by atoms with Gasteiger partial charge in [-0.15, -0.1) is 11.8 Å². The minimum Gasteiger partial charge on any atom is -0.329 e. The fraction of sp³-hybridized carbons (Fsp3) is 0.286. The first-order valence-corrected chi connectivity index (χ1v) is 7.12. The second-order valence-corrected chi connectivity index (χ2v) is 5.10. The Balaban J connectivity index is 2.02. The highest BCUT2D eigenvalue weighted by Gasteiger charge is 2.13. The van der Waals surface area contributed by atoms with Crippen molar-refractivity contribution in [3.63, 3.8) is 0 Å². The van der Waals surface area contributed by atoms with Gasteiger partial charge < -0.3 is 4.57 Å². The molecule has 3 nitrogen and oxygen atoms in total. The van der Waals surface area contributed by atoms with E-state index >= 15 is 0 Å². The van der Waals surface area contributed by atoms with E-state index in [9.17, 15) is 9.18 Å². The molecule has 0 bridgehead atoms. The van der Waals surface area contributed by atoms with Crippen molar-refractivity contribution < 1.29 is 9.18 Å². The molecule has 0 atom stereocenters. The predicted octanol–water partition coefficient (Wildman–Crippen LogP) is 3.41. The third-order valence-electron chi connectivity index (χ3n) is 2.62. The number of hydrogen-bond donors (Lipinski definition) is 0. The third kappa shape index (κ3) is 3.44. The van der Waals surface area contributed by atoms with Gasteiger partial charge in [-0.3, -0.25) is 4.79 Å². The molecule has 100 valence electrons. The Morgan fingerprint density at radius 1 is 1.42 bits per heavy atom. The number of carbonyl (C=O) groups excluding carboxylic acids is 1. The van der Waals surface area contributed by atoms with Crippen molar-refractivity contribution in [2.24, 2.45) is 0 Å². The lowest BCUT2D eigenvalue weighted by Gasteiger charge is -2.05. The van der Waals surface area contributed by atoms with Gasteiger partial charge in [0.05, 0.1) is 5.75 Å². The van der Waals surface area contributed by atoms with Gasteiger partial charge in [0, 0.05) is 23.8 Å². The molecule has 1 aromatic heterocycles. The molecule has 0 fully saturated rings. The van der Waals surface area contributed by atoms with E-state index in [4.69, 9.17) is 0 Å². The molecular formula is C14H15FN2OS. The number of aromatic nitrogens is 2. The van der Waals surface area contributed by atoms with Crippen LogP contribution in [0.3, 0.4) is 0 Å². The highest BCUT2D eigenvalue weighted by molar-refractivity contribution is 8.00. The van der Waals surface area contributed by atoms with Crippen LogP contribution in [-0.2, 0) is 6.54 Å². The average Bonchev–Trinajstić information content (AvgIpc) is 2.86. The number of thioether (sulfide) groups is 1. The van der Waals surface area contributed by atoms with Gasteiger partial charge in [0.1, 0.15) is 5.82 Å². The van der Waals surface area contributed by atoms with Crippen LogP contribution < -0.4 is 0 Å². The maximum absolute atomic E-state index is 13.4. The van der Waals surface area contributed by atoms with Gasteiger partial charge in [-0.05, 0) is 18.6 Å². The van der Waals surface area contributed by atoms with Crippen molar-refractivity contribution in [1.82, 2.24) is 9.55 Å².